The molecule has 0 aromatic heterocycles. The summed E-state index contributed by atoms with van der Waals surface area (Å²) >= 11 is 0. The second-order valence-electron chi connectivity index (χ2n) is 3.00. The number of anilines is 2. The minimum atomic E-state index is -1.29. The molecule has 0 atom stereocenters. The van der Waals surface area contributed by atoms with Crippen LogP contribution in [0.5, 0.6) is 0 Å². The lowest BCUT2D eigenvalue weighted by Gasteiger charge is -2.08. The molecule has 1 rings (SSSR count). The zero-order valence-corrected chi connectivity index (χ0v) is 8.92. The highest BCUT2D eigenvalue weighted by Gasteiger charge is 2.18. The van der Waals surface area contributed by atoms with Crippen molar-refractivity contribution in [2.45, 2.75) is 6.92 Å². The molecule has 0 spiro atoms. The largest absolute Gasteiger partial charge is 0.459 e. The summed E-state index contributed by atoms with van der Waals surface area (Å²) in [6.07, 6.45) is 0. The van der Waals surface area contributed by atoms with Crippen LogP contribution < -0.4 is 11.1 Å². The highest BCUT2D eigenvalue weighted by Crippen LogP contribution is 2.23. The Labute approximate surface area is 95.5 Å². The summed E-state index contributed by atoms with van der Waals surface area (Å²) < 4.78 is 30.2. The topological polar surface area (TPSA) is 81.4 Å². The van der Waals surface area contributed by atoms with Crippen LogP contribution in [-0.4, -0.2) is 18.5 Å². The molecule has 7 heteroatoms. The van der Waals surface area contributed by atoms with Crippen LogP contribution >= 0.6 is 0 Å². The Bertz CT molecular complexity index is 463. The van der Waals surface area contributed by atoms with Gasteiger partial charge in [-0.3, -0.25) is 4.79 Å². The Balaban J connectivity index is 2.86. The van der Waals surface area contributed by atoms with Crippen molar-refractivity contribution in [2.75, 3.05) is 17.7 Å². The van der Waals surface area contributed by atoms with Crippen LogP contribution in [0.25, 0.3) is 0 Å². The number of carbonyl (C=O) groups is 2. The van der Waals surface area contributed by atoms with Gasteiger partial charge in [0, 0.05) is 0 Å². The smallest absolute Gasteiger partial charge is 0.397 e. The average molecular weight is 244 g/mol. The van der Waals surface area contributed by atoms with E-state index in [1.165, 1.54) is 6.92 Å². The number of hydrogen-bond donors (Lipinski definition) is 2. The third kappa shape index (κ3) is 2.90. The molecule has 5 nitrogen and oxygen atoms in total. The molecule has 1 aromatic carbocycles. The molecule has 0 saturated carbocycles. The molecule has 0 radical (unpaired) electrons. The number of amides is 1. The Kier molecular flexibility index (Phi) is 3.97. The van der Waals surface area contributed by atoms with Crippen LogP contribution in [0.2, 0.25) is 0 Å². The number of nitrogens with two attached hydrogens (primary N) is 1. The summed E-state index contributed by atoms with van der Waals surface area (Å²) in [6.45, 7) is 1.55. The van der Waals surface area contributed by atoms with Gasteiger partial charge < -0.3 is 15.8 Å². The fourth-order valence-electron chi connectivity index (χ4n) is 1.05. The van der Waals surface area contributed by atoms with Gasteiger partial charge in [0.05, 0.1) is 18.0 Å². The summed E-state index contributed by atoms with van der Waals surface area (Å²) in [6, 6.07) is 1.83. The van der Waals surface area contributed by atoms with E-state index in [-0.39, 0.29) is 12.3 Å². The lowest BCUT2D eigenvalue weighted by molar-refractivity contribution is -0.152. The van der Waals surface area contributed by atoms with Gasteiger partial charge in [-0.25, -0.2) is 13.6 Å². The van der Waals surface area contributed by atoms with Crippen molar-refractivity contribution in [3.63, 3.8) is 0 Å². The first-order valence-corrected chi connectivity index (χ1v) is 4.69. The Morgan fingerprint density at radius 3 is 2.65 bits per heavy atom. The molecule has 0 bridgehead atoms. The molecule has 0 unspecified atom stereocenters. The fraction of sp³-hybridized carbons (Fsp3) is 0.200. The van der Waals surface area contributed by atoms with E-state index in [9.17, 15) is 18.4 Å². The molecule has 0 aliphatic carbocycles. The van der Waals surface area contributed by atoms with Crippen LogP contribution in [0, 0.1) is 11.6 Å². The predicted octanol–water partition coefficient (Wildman–Crippen LogP) is 1.05. The zero-order valence-electron chi connectivity index (χ0n) is 8.92. The Morgan fingerprint density at radius 2 is 2.06 bits per heavy atom. The summed E-state index contributed by atoms with van der Waals surface area (Å²) in [5.41, 5.74) is 4.45. The summed E-state index contributed by atoms with van der Waals surface area (Å²) in [5, 5.41) is 2.02. The molecule has 0 heterocycles. The normalized spacial score (nSPS) is 9.82. The number of nitrogen functional groups attached to an aromatic ring is 1. The second kappa shape index (κ2) is 5.24. The summed E-state index contributed by atoms with van der Waals surface area (Å²) in [7, 11) is 0. The first-order valence-electron chi connectivity index (χ1n) is 4.69. The quantitative estimate of drug-likeness (QED) is 0.463. The molecule has 1 amide bonds. The average Bonchev–Trinajstić information content (AvgIpc) is 2.30. The molecule has 0 aliphatic rings. The molecule has 0 aliphatic heterocycles. The maximum atomic E-state index is 13.0. The van der Waals surface area contributed by atoms with E-state index in [0.717, 1.165) is 12.1 Å². The Morgan fingerprint density at radius 1 is 1.41 bits per heavy atom. The van der Waals surface area contributed by atoms with Gasteiger partial charge in [-0.15, -0.1) is 0 Å². The van der Waals surface area contributed by atoms with E-state index < -0.39 is 29.2 Å². The lowest BCUT2D eigenvalue weighted by Crippen LogP contribution is -2.25. The van der Waals surface area contributed by atoms with Crippen molar-refractivity contribution in [1.82, 2.24) is 0 Å². The molecule has 0 saturated heterocycles. The van der Waals surface area contributed by atoms with E-state index in [2.05, 4.69) is 4.74 Å². The molecular weight excluding hydrogens is 234 g/mol. The SMILES string of the molecule is CCOC(=O)C(=O)Nc1ccc(F)c(F)c1N. The molecule has 3 N–H and O–H groups in total. The minimum Gasteiger partial charge on any atom is -0.459 e. The molecule has 92 valence electrons. The van der Waals surface area contributed by atoms with E-state index in [0.29, 0.717) is 0 Å². The van der Waals surface area contributed by atoms with E-state index in [1.54, 1.807) is 0 Å². The third-order valence-corrected chi connectivity index (χ3v) is 1.84. The van der Waals surface area contributed by atoms with E-state index in [1.807, 2.05) is 5.32 Å². The predicted molar refractivity (Wildman–Crippen MR) is 56.0 cm³/mol. The Hall–Kier alpha value is -2.18. The van der Waals surface area contributed by atoms with Crippen molar-refractivity contribution in [3.05, 3.63) is 23.8 Å². The van der Waals surface area contributed by atoms with Gasteiger partial charge in [0.2, 0.25) is 0 Å². The van der Waals surface area contributed by atoms with Crippen molar-refractivity contribution in [3.8, 4) is 0 Å². The van der Waals surface area contributed by atoms with Crippen LogP contribution in [0.3, 0.4) is 0 Å². The number of hydrogen-bond acceptors (Lipinski definition) is 4. The van der Waals surface area contributed by atoms with Crippen LogP contribution in [0.15, 0.2) is 12.1 Å². The molecule has 17 heavy (non-hydrogen) atoms. The molecule has 1 aromatic rings. The minimum absolute atomic E-state index is 0.0273. The highest BCUT2D eigenvalue weighted by atomic mass is 19.2. The van der Waals surface area contributed by atoms with Crippen LogP contribution in [0.1, 0.15) is 6.92 Å². The standard InChI is InChI=1S/C10H10F2N2O3/c1-2-17-10(16)9(15)14-6-4-3-5(11)7(12)8(6)13/h3-4H,2,13H2,1H3,(H,14,15). The van der Waals surface area contributed by atoms with Gasteiger partial charge in [-0.2, -0.15) is 0 Å². The number of carbonyl (C=O) groups excluding carboxylic acids is 2. The van der Waals surface area contributed by atoms with Gasteiger partial charge in [0.25, 0.3) is 0 Å². The molecular formula is C10H10F2N2O3. The monoisotopic (exact) mass is 244 g/mol. The summed E-state index contributed by atoms with van der Waals surface area (Å²) in [5.74, 6) is -4.66. The van der Waals surface area contributed by atoms with Gasteiger partial charge in [0.15, 0.2) is 11.6 Å². The number of ether oxygens (including phenoxy) is 1. The number of nitrogens with one attached hydrogen (secondary N) is 1. The number of esters is 1. The highest BCUT2D eigenvalue weighted by molar-refractivity contribution is 6.37. The van der Waals surface area contributed by atoms with Crippen LogP contribution in [-0.2, 0) is 14.3 Å². The van der Waals surface area contributed by atoms with Crippen LogP contribution in [0.4, 0.5) is 20.2 Å². The zero-order chi connectivity index (χ0) is 13.0. The fourth-order valence-corrected chi connectivity index (χ4v) is 1.05. The third-order valence-electron chi connectivity index (χ3n) is 1.84. The number of benzene rings is 1. The van der Waals surface area contributed by atoms with Gasteiger partial charge in [-0.05, 0) is 19.1 Å². The second-order valence-corrected chi connectivity index (χ2v) is 3.00. The van der Waals surface area contributed by atoms with Crippen molar-refractivity contribution in [2.24, 2.45) is 0 Å². The first kappa shape index (κ1) is 12.9. The van der Waals surface area contributed by atoms with Gasteiger partial charge in [-0.1, -0.05) is 0 Å². The molecule has 0 fully saturated rings. The lowest BCUT2D eigenvalue weighted by atomic mass is 10.2. The number of halogens is 2. The van der Waals surface area contributed by atoms with Gasteiger partial charge >= 0.3 is 11.9 Å². The van der Waals surface area contributed by atoms with Crippen molar-refractivity contribution >= 4 is 23.3 Å². The van der Waals surface area contributed by atoms with E-state index in [4.69, 9.17) is 5.73 Å². The van der Waals surface area contributed by atoms with Crippen molar-refractivity contribution < 1.29 is 23.1 Å². The maximum absolute atomic E-state index is 13.0. The van der Waals surface area contributed by atoms with Gasteiger partial charge in [0.1, 0.15) is 0 Å². The summed E-state index contributed by atoms with van der Waals surface area (Å²) in [4.78, 5) is 22.2. The maximum Gasteiger partial charge on any atom is 0.397 e. The number of rotatable bonds is 2. The van der Waals surface area contributed by atoms with E-state index >= 15 is 0 Å². The first-order chi connectivity index (χ1) is 7.97. The van der Waals surface area contributed by atoms with Crippen molar-refractivity contribution in [1.29, 1.82) is 0 Å².